The third kappa shape index (κ3) is 3.68. The van der Waals surface area contributed by atoms with Crippen LogP contribution in [0, 0.1) is 11.6 Å². The van der Waals surface area contributed by atoms with Crippen LogP contribution in [0.25, 0.3) is 0 Å². The number of methoxy groups -OCH3 is 1. The number of benzene rings is 1. The molecule has 21 heavy (non-hydrogen) atoms. The van der Waals surface area contributed by atoms with Crippen LogP contribution in [-0.2, 0) is 9.53 Å². The van der Waals surface area contributed by atoms with Gasteiger partial charge in [0.2, 0.25) is 5.91 Å². The van der Waals surface area contributed by atoms with Gasteiger partial charge in [0.15, 0.2) is 0 Å². The molecule has 2 rings (SSSR count). The van der Waals surface area contributed by atoms with Crippen molar-refractivity contribution in [2.75, 3.05) is 44.8 Å². The number of rotatable bonds is 4. The lowest BCUT2D eigenvalue weighted by Gasteiger charge is -2.37. The molecule has 1 aromatic carbocycles. The first-order chi connectivity index (χ1) is 10.0. The molecular weight excluding hydrogens is 280 g/mol. The smallest absolute Gasteiger partial charge is 0.241 e. The molecule has 116 valence electrons. The highest BCUT2D eigenvalue weighted by Gasteiger charge is 2.26. The van der Waals surface area contributed by atoms with Gasteiger partial charge >= 0.3 is 0 Å². The number of amides is 1. The number of carbonyl (C=O) groups is 1. The molecule has 1 atom stereocenters. The number of nitrogens with two attached hydrogens (primary N) is 1. The van der Waals surface area contributed by atoms with Crippen molar-refractivity contribution in [3.8, 4) is 0 Å². The van der Waals surface area contributed by atoms with E-state index in [0.29, 0.717) is 26.2 Å². The molecule has 0 saturated carbocycles. The number of nitrogens with zero attached hydrogens (tertiary/aromatic N) is 2. The van der Waals surface area contributed by atoms with Gasteiger partial charge in [-0.25, -0.2) is 8.78 Å². The van der Waals surface area contributed by atoms with Gasteiger partial charge in [0.05, 0.1) is 12.3 Å². The minimum atomic E-state index is -0.688. The van der Waals surface area contributed by atoms with Crippen LogP contribution >= 0.6 is 0 Å². The molecular formula is C14H19F2N3O2. The van der Waals surface area contributed by atoms with Crippen LogP contribution in [0.1, 0.15) is 0 Å². The largest absolute Gasteiger partial charge is 0.383 e. The van der Waals surface area contributed by atoms with Crippen molar-refractivity contribution in [2.45, 2.75) is 6.04 Å². The van der Waals surface area contributed by atoms with Gasteiger partial charge in [0.1, 0.15) is 17.7 Å². The zero-order chi connectivity index (χ0) is 15.4. The van der Waals surface area contributed by atoms with E-state index in [1.165, 1.54) is 13.2 Å². The lowest BCUT2D eigenvalue weighted by atomic mass is 10.2. The Morgan fingerprint density at radius 1 is 1.33 bits per heavy atom. The first-order valence-corrected chi connectivity index (χ1v) is 6.76. The van der Waals surface area contributed by atoms with Crippen LogP contribution in [0.2, 0.25) is 0 Å². The van der Waals surface area contributed by atoms with E-state index in [9.17, 15) is 13.6 Å². The number of hydrogen-bond acceptors (Lipinski definition) is 4. The number of piperazine rings is 1. The highest BCUT2D eigenvalue weighted by atomic mass is 19.1. The molecule has 5 nitrogen and oxygen atoms in total. The fourth-order valence-electron chi connectivity index (χ4n) is 2.38. The van der Waals surface area contributed by atoms with Crippen LogP contribution in [0.3, 0.4) is 0 Å². The van der Waals surface area contributed by atoms with Crippen molar-refractivity contribution in [2.24, 2.45) is 5.73 Å². The summed E-state index contributed by atoms with van der Waals surface area (Å²) in [5.74, 6) is -1.13. The number of halogens is 2. The molecule has 1 heterocycles. The molecule has 0 aromatic heterocycles. The summed E-state index contributed by atoms with van der Waals surface area (Å²) in [6.07, 6.45) is 0. The summed E-state index contributed by atoms with van der Waals surface area (Å²) in [5, 5.41) is 0. The van der Waals surface area contributed by atoms with Gasteiger partial charge in [-0.3, -0.25) is 4.79 Å². The van der Waals surface area contributed by atoms with Gasteiger partial charge in [-0.2, -0.15) is 0 Å². The first-order valence-electron chi connectivity index (χ1n) is 6.76. The van der Waals surface area contributed by atoms with Crippen molar-refractivity contribution in [3.05, 3.63) is 29.8 Å². The number of anilines is 1. The van der Waals surface area contributed by atoms with Gasteiger partial charge in [-0.1, -0.05) is 0 Å². The van der Waals surface area contributed by atoms with E-state index in [1.807, 2.05) is 0 Å². The first kappa shape index (κ1) is 15.7. The third-order valence-corrected chi connectivity index (χ3v) is 3.50. The Kier molecular flexibility index (Phi) is 5.08. The molecule has 1 aliphatic heterocycles. The summed E-state index contributed by atoms with van der Waals surface area (Å²) >= 11 is 0. The Labute approximate surface area is 122 Å². The molecule has 1 aromatic rings. The average Bonchev–Trinajstić information content (AvgIpc) is 2.49. The molecule has 0 bridgehead atoms. The molecule has 7 heteroatoms. The van der Waals surface area contributed by atoms with Gasteiger partial charge in [-0.05, 0) is 12.1 Å². The second kappa shape index (κ2) is 6.82. The second-order valence-electron chi connectivity index (χ2n) is 4.97. The molecule has 1 amide bonds. The number of carbonyl (C=O) groups excluding carboxylic acids is 1. The minimum Gasteiger partial charge on any atom is -0.383 e. The average molecular weight is 299 g/mol. The van der Waals surface area contributed by atoms with Crippen LogP contribution in [0.4, 0.5) is 14.5 Å². The Hall–Kier alpha value is -1.73. The molecule has 1 aliphatic rings. The number of hydrogen-bond donors (Lipinski definition) is 1. The fraction of sp³-hybridized carbons (Fsp3) is 0.500. The molecule has 0 spiro atoms. The summed E-state index contributed by atoms with van der Waals surface area (Å²) in [4.78, 5) is 15.4. The highest BCUT2D eigenvalue weighted by molar-refractivity contribution is 5.82. The Morgan fingerprint density at radius 3 is 2.62 bits per heavy atom. The highest BCUT2D eigenvalue weighted by Crippen LogP contribution is 2.22. The predicted molar refractivity (Wildman–Crippen MR) is 75.0 cm³/mol. The topological polar surface area (TPSA) is 58.8 Å². The maximum Gasteiger partial charge on any atom is 0.241 e. The van der Waals surface area contributed by atoms with Gasteiger partial charge in [0, 0.05) is 39.4 Å². The SMILES string of the molecule is COCC(N)C(=O)N1CCN(c2cc(F)ccc2F)CC1. The summed E-state index contributed by atoms with van der Waals surface area (Å²) in [6, 6.07) is 2.68. The summed E-state index contributed by atoms with van der Waals surface area (Å²) in [6.45, 7) is 1.88. The molecule has 2 N–H and O–H groups in total. The zero-order valence-corrected chi connectivity index (χ0v) is 11.9. The molecule has 1 fully saturated rings. The fourth-order valence-corrected chi connectivity index (χ4v) is 2.38. The van der Waals surface area contributed by atoms with Crippen LogP contribution in [-0.4, -0.2) is 56.7 Å². The van der Waals surface area contributed by atoms with Crippen LogP contribution in [0.15, 0.2) is 18.2 Å². The lowest BCUT2D eigenvalue weighted by Crippen LogP contribution is -2.54. The lowest BCUT2D eigenvalue weighted by molar-refractivity contribution is -0.134. The van der Waals surface area contributed by atoms with Crippen molar-refractivity contribution in [1.82, 2.24) is 4.90 Å². The predicted octanol–water partition coefficient (Wildman–Crippen LogP) is 0.587. The van der Waals surface area contributed by atoms with E-state index >= 15 is 0 Å². The van der Waals surface area contributed by atoms with E-state index in [-0.39, 0.29) is 18.2 Å². The van der Waals surface area contributed by atoms with Crippen LogP contribution in [0.5, 0.6) is 0 Å². The van der Waals surface area contributed by atoms with Crippen molar-refractivity contribution < 1.29 is 18.3 Å². The standard InChI is InChI=1S/C14H19F2N3O2/c1-21-9-12(17)14(20)19-6-4-18(5-7-19)13-8-10(15)2-3-11(13)16/h2-3,8,12H,4-7,9,17H2,1H3. The minimum absolute atomic E-state index is 0.164. The maximum atomic E-state index is 13.7. The maximum absolute atomic E-state index is 13.7. The second-order valence-corrected chi connectivity index (χ2v) is 4.97. The summed E-state index contributed by atoms with van der Waals surface area (Å²) in [5.41, 5.74) is 5.93. The van der Waals surface area contributed by atoms with E-state index in [0.717, 1.165) is 12.1 Å². The van der Waals surface area contributed by atoms with Gasteiger partial charge < -0.3 is 20.3 Å². The monoisotopic (exact) mass is 299 g/mol. The van der Waals surface area contributed by atoms with E-state index in [1.54, 1.807) is 9.80 Å². The van der Waals surface area contributed by atoms with Crippen molar-refractivity contribution >= 4 is 11.6 Å². The molecule has 0 radical (unpaired) electrons. The zero-order valence-electron chi connectivity index (χ0n) is 11.9. The quantitative estimate of drug-likeness (QED) is 0.884. The Morgan fingerprint density at radius 2 is 2.00 bits per heavy atom. The number of ether oxygens (including phenoxy) is 1. The molecule has 0 aliphatic carbocycles. The van der Waals surface area contributed by atoms with E-state index in [4.69, 9.17) is 10.5 Å². The normalized spacial score (nSPS) is 17.0. The Bertz CT molecular complexity index is 505. The Balaban J connectivity index is 1.97. The van der Waals surface area contributed by atoms with Gasteiger partial charge in [0.25, 0.3) is 0 Å². The third-order valence-electron chi connectivity index (χ3n) is 3.50. The summed E-state index contributed by atoms with van der Waals surface area (Å²) in [7, 11) is 1.48. The van der Waals surface area contributed by atoms with Crippen molar-refractivity contribution in [3.63, 3.8) is 0 Å². The van der Waals surface area contributed by atoms with Gasteiger partial charge in [-0.15, -0.1) is 0 Å². The van der Waals surface area contributed by atoms with Crippen LogP contribution < -0.4 is 10.6 Å². The van der Waals surface area contributed by atoms with E-state index in [2.05, 4.69) is 0 Å². The molecule has 1 saturated heterocycles. The van der Waals surface area contributed by atoms with E-state index < -0.39 is 17.7 Å². The molecule has 1 unspecified atom stereocenters. The van der Waals surface area contributed by atoms with Crippen molar-refractivity contribution in [1.29, 1.82) is 0 Å². The summed E-state index contributed by atoms with van der Waals surface area (Å²) < 4.78 is 31.8.